The first kappa shape index (κ1) is 22.1. The molecule has 1 saturated carbocycles. The number of nitrogens with one attached hydrogen (secondary N) is 1. The molecule has 10 heteroatoms. The number of carbonyl (C=O) groups is 1. The van der Waals surface area contributed by atoms with E-state index in [9.17, 15) is 28.2 Å². The molecule has 30 heavy (non-hydrogen) atoms. The number of halogens is 3. The number of nitrogens with zero attached hydrogens (tertiary/aromatic N) is 2. The molecule has 5 N–H and O–H groups in total. The Morgan fingerprint density at radius 2 is 1.90 bits per heavy atom. The molecule has 0 saturated heterocycles. The zero-order valence-corrected chi connectivity index (χ0v) is 16.6. The summed E-state index contributed by atoms with van der Waals surface area (Å²) in [4.78, 5) is 11.9. The molecule has 1 heterocycles. The largest absolute Gasteiger partial charge is 0.421 e. The van der Waals surface area contributed by atoms with Crippen LogP contribution in [0.4, 0.5) is 24.7 Å². The van der Waals surface area contributed by atoms with E-state index in [0.29, 0.717) is 31.9 Å². The Balaban J connectivity index is 1.84. The van der Waals surface area contributed by atoms with Crippen molar-refractivity contribution in [3.63, 3.8) is 0 Å². The number of nitrogens with two attached hydrogens (primary N) is 1. The zero-order chi connectivity index (χ0) is 22.3. The first-order valence-corrected chi connectivity index (χ1v) is 9.64. The molecule has 4 atom stereocenters. The number of hydrogen-bond donors (Lipinski definition) is 4. The van der Waals surface area contributed by atoms with Crippen LogP contribution in [0.3, 0.4) is 0 Å². The number of hydrogen-bond acceptors (Lipinski definition) is 5. The minimum atomic E-state index is -4.82. The summed E-state index contributed by atoms with van der Waals surface area (Å²) in [7, 11) is 0. The summed E-state index contributed by atoms with van der Waals surface area (Å²) >= 11 is 0. The number of carbonyl (C=O) groups excluding carboxylic acids is 1. The highest BCUT2D eigenvalue weighted by Crippen LogP contribution is 2.39. The molecule has 3 rings (SSSR count). The fourth-order valence-corrected chi connectivity index (χ4v) is 3.76. The van der Waals surface area contributed by atoms with Crippen LogP contribution >= 0.6 is 0 Å². The van der Waals surface area contributed by atoms with Crippen LogP contribution in [0.25, 0.3) is 0 Å². The SMILES string of the molecule is C[C@H]1C[C@@H](O)CC[C@@H]1n1cc(C(N)=O)c(Nc2ccc([C@](C)(O)C(F)(F)F)cc2)n1. The summed E-state index contributed by atoms with van der Waals surface area (Å²) < 4.78 is 40.6. The lowest BCUT2D eigenvalue weighted by atomic mass is 9.84. The number of alkyl halides is 3. The van der Waals surface area contributed by atoms with Crippen molar-refractivity contribution in [3.05, 3.63) is 41.6 Å². The van der Waals surface area contributed by atoms with Gasteiger partial charge in [0.1, 0.15) is 5.56 Å². The summed E-state index contributed by atoms with van der Waals surface area (Å²) in [6.45, 7) is 2.68. The summed E-state index contributed by atoms with van der Waals surface area (Å²) in [5, 5.41) is 26.9. The van der Waals surface area contributed by atoms with E-state index >= 15 is 0 Å². The number of anilines is 2. The van der Waals surface area contributed by atoms with Crippen LogP contribution in [0.15, 0.2) is 30.5 Å². The molecule has 1 aliphatic rings. The number of aromatic nitrogens is 2. The van der Waals surface area contributed by atoms with Gasteiger partial charge in [-0.05, 0) is 49.8 Å². The van der Waals surface area contributed by atoms with E-state index in [0.717, 1.165) is 12.1 Å². The lowest BCUT2D eigenvalue weighted by Crippen LogP contribution is -2.39. The first-order chi connectivity index (χ1) is 13.9. The van der Waals surface area contributed by atoms with E-state index in [4.69, 9.17) is 5.73 Å². The van der Waals surface area contributed by atoms with Gasteiger partial charge in [0.2, 0.25) is 0 Å². The number of aliphatic hydroxyl groups is 2. The Morgan fingerprint density at radius 1 is 1.27 bits per heavy atom. The van der Waals surface area contributed by atoms with Crippen LogP contribution in [0.2, 0.25) is 0 Å². The lowest BCUT2D eigenvalue weighted by Gasteiger charge is -2.31. The van der Waals surface area contributed by atoms with E-state index in [-0.39, 0.29) is 35.0 Å². The number of rotatable bonds is 5. The van der Waals surface area contributed by atoms with Gasteiger partial charge in [0, 0.05) is 11.9 Å². The predicted octanol–water partition coefficient (Wildman–Crippen LogP) is 3.22. The van der Waals surface area contributed by atoms with Crippen molar-refractivity contribution in [1.82, 2.24) is 9.78 Å². The van der Waals surface area contributed by atoms with Gasteiger partial charge in [0.15, 0.2) is 11.4 Å². The van der Waals surface area contributed by atoms with E-state index in [1.54, 1.807) is 10.9 Å². The van der Waals surface area contributed by atoms with E-state index in [1.807, 2.05) is 6.92 Å². The number of aliphatic hydroxyl groups excluding tert-OH is 1. The molecular formula is C20H25F3N4O3. The Bertz CT molecular complexity index is 909. The van der Waals surface area contributed by atoms with Gasteiger partial charge in [-0.15, -0.1) is 0 Å². The molecule has 0 unspecified atom stereocenters. The van der Waals surface area contributed by atoms with Gasteiger partial charge in [0.25, 0.3) is 5.91 Å². The van der Waals surface area contributed by atoms with Crippen molar-refractivity contribution in [2.24, 2.45) is 11.7 Å². The topological polar surface area (TPSA) is 113 Å². The minimum absolute atomic E-state index is 0.00805. The summed E-state index contributed by atoms with van der Waals surface area (Å²) in [5.41, 5.74) is 2.72. The van der Waals surface area contributed by atoms with Crippen LogP contribution in [0, 0.1) is 5.92 Å². The second-order valence-corrected chi connectivity index (χ2v) is 8.02. The maximum Gasteiger partial charge on any atom is 0.421 e. The van der Waals surface area contributed by atoms with Gasteiger partial charge in [-0.25, -0.2) is 0 Å². The highest BCUT2D eigenvalue weighted by atomic mass is 19.4. The van der Waals surface area contributed by atoms with Gasteiger partial charge in [0.05, 0.1) is 12.1 Å². The average molecular weight is 426 g/mol. The van der Waals surface area contributed by atoms with Gasteiger partial charge >= 0.3 is 6.18 Å². The molecule has 0 bridgehead atoms. The first-order valence-electron chi connectivity index (χ1n) is 9.64. The molecule has 1 aromatic carbocycles. The number of benzene rings is 1. The molecule has 0 spiro atoms. The molecular weight excluding hydrogens is 401 g/mol. The predicted molar refractivity (Wildman–Crippen MR) is 104 cm³/mol. The van der Waals surface area contributed by atoms with Gasteiger partial charge in [-0.2, -0.15) is 18.3 Å². The zero-order valence-electron chi connectivity index (χ0n) is 16.6. The van der Waals surface area contributed by atoms with Gasteiger partial charge in [-0.1, -0.05) is 19.1 Å². The van der Waals surface area contributed by atoms with Crippen LogP contribution < -0.4 is 11.1 Å². The van der Waals surface area contributed by atoms with Crippen LogP contribution in [0.5, 0.6) is 0 Å². The highest BCUT2D eigenvalue weighted by Gasteiger charge is 2.51. The van der Waals surface area contributed by atoms with Crippen LogP contribution in [0.1, 0.15) is 55.1 Å². The Labute approximate surface area is 171 Å². The molecule has 164 valence electrons. The maximum atomic E-state index is 13.0. The van der Waals surface area contributed by atoms with Crippen molar-refractivity contribution in [3.8, 4) is 0 Å². The molecule has 0 radical (unpaired) electrons. The van der Waals surface area contributed by atoms with Crippen molar-refractivity contribution in [2.75, 3.05) is 5.32 Å². The van der Waals surface area contributed by atoms with E-state index < -0.39 is 17.7 Å². The number of amides is 1. The van der Waals surface area contributed by atoms with Crippen molar-refractivity contribution >= 4 is 17.4 Å². The lowest BCUT2D eigenvalue weighted by molar-refractivity contribution is -0.258. The minimum Gasteiger partial charge on any atom is -0.393 e. The fraction of sp³-hybridized carbons (Fsp3) is 0.500. The normalized spacial score (nSPS) is 24.3. The monoisotopic (exact) mass is 426 g/mol. The third-order valence-electron chi connectivity index (χ3n) is 5.70. The van der Waals surface area contributed by atoms with Gasteiger partial charge in [-0.3, -0.25) is 9.48 Å². The fourth-order valence-electron chi connectivity index (χ4n) is 3.76. The Hall–Kier alpha value is -2.59. The summed E-state index contributed by atoms with van der Waals surface area (Å²) in [6, 6.07) is 5.02. The van der Waals surface area contributed by atoms with Crippen molar-refractivity contribution in [1.29, 1.82) is 0 Å². The second kappa shape index (κ2) is 7.92. The average Bonchev–Trinajstić information content (AvgIpc) is 3.05. The molecule has 1 aliphatic carbocycles. The van der Waals surface area contributed by atoms with Crippen molar-refractivity contribution in [2.45, 2.75) is 57.0 Å². The van der Waals surface area contributed by atoms with Crippen molar-refractivity contribution < 1.29 is 28.2 Å². The number of primary amides is 1. The van der Waals surface area contributed by atoms with Gasteiger partial charge < -0.3 is 21.3 Å². The molecule has 2 aromatic rings. The Morgan fingerprint density at radius 3 is 2.43 bits per heavy atom. The van der Waals surface area contributed by atoms with E-state index in [2.05, 4.69) is 10.4 Å². The molecule has 1 amide bonds. The summed E-state index contributed by atoms with van der Waals surface area (Å²) in [6.07, 6.45) is -1.67. The maximum absolute atomic E-state index is 13.0. The molecule has 0 aliphatic heterocycles. The smallest absolute Gasteiger partial charge is 0.393 e. The summed E-state index contributed by atoms with van der Waals surface area (Å²) in [5.74, 6) is -0.355. The third kappa shape index (κ3) is 4.29. The Kier molecular flexibility index (Phi) is 5.83. The standard InChI is InChI=1S/C20H25F3N4O3/c1-11-9-14(28)7-8-16(11)27-10-15(17(24)29)18(26-27)25-13-5-3-12(4-6-13)19(2,30)20(21,22)23/h3-6,10-11,14,16,28,30H,7-9H2,1-2H3,(H2,24,29)(H,25,26)/t11-,14-,16-,19-/m0/s1. The quantitative estimate of drug-likeness (QED) is 0.586. The molecule has 1 fully saturated rings. The van der Waals surface area contributed by atoms with Crippen LogP contribution in [-0.4, -0.2) is 38.2 Å². The molecule has 7 nitrogen and oxygen atoms in total. The molecule has 1 aromatic heterocycles. The highest BCUT2D eigenvalue weighted by molar-refractivity contribution is 5.98. The second-order valence-electron chi connectivity index (χ2n) is 8.02. The van der Waals surface area contributed by atoms with Crippen LogP contribution in [-0.2, 0) is 5.60 Å². The third-order valence-corrected chi connectivity index (χ3v) is 5.70. The van der Waals surface area contributed by atoms with E-state index in [1.165, 1.54) is 12.1 Å².